The van der Waals surface area contributed by atoms with Crippen LogP contribution in [-0.2, 0) is 11.2 Å². The highest BCUT2D eigenvalue weighted by molar-refractivity contribution is 7.15. The van der Waals surface area contributed by atoms with Crippen molar-refractivity contribution < 1.29 is 4.74 Å². The van der Waals surface area contributed by atoms with Gasteiger partial charge in [-0.1, -0.05) is 0 Å². The number of ether oxygens (including phenoxy) is 1. The van der Waals surface area contributed by atoms with Gasteiger partial charge in [-0.15, -0.1) is 11.3 Å². The normalized spacial score (nSPS) is 17.8. The molecule has 16 heavy (non-hydrogen) atoms. The Hall–Kier alpha value is -0.650. The number of morpholine rings is 1. The average Bonchev–Trinajstić information content (AvgIpc) is 2.65. The molecule has 0 atom stereocenters. The van der Waals surface area contributed by atoms with E-state index in [4.69, 9.17) is 10.5 Å². The van der Waals surface area contributed by atoms with E-state index in [2.05, 4.69) is 9.88 Å². The Morgan fingerprint density at radius 3 is 2.81 bits per heavy atom. The standard InChI is InChI=1S/C11H19N3OS/c1-11(2,12)7-9-8-13-10(16-9)14-3-5-15-6-4-14/h8H,3-7,12H2,1-2H3. The lowest BCUT2D eigenvalue weighted by Crippen LogP contribution is -2.36. The second kappa shape index (κ2) is 4.69. The molecule has 0 radical (unpaired) electrons. The van der Waals surface area contributed by atoms with Gasteiger partial charge < -0.3 is 15.4 Å². The van der Waals surface area contributed by atoms with Crippen molar-refractivity contribution in [1.29, 1.82) is 0 Å². The minimum Gasteiger partial charge on any atom is -0.378 e. The van der Waals surface area contributed by atoms with Crippen LogP contribution in [0.4, 0.5) is 5.13 Å². The molecule has 1 aliphatic heterocycles. The molecular weight excluding hydrogens is 222 g/mol. The van der Waals surface area contributed by atoms with Gasteiger partial charge in [0.1, 0.15) is 0 Å². The number of nitrogens with zero attached hydrogens (tertiary/aromatic N) is 2. The van der Waals surface area contributed by atoms with E-state index in [-0.39, 0.29) is 5.54 Å². The summed E-state index contributed by atoms with van der Waals surface area (Å²) in [5, 5.41) is 1.10. The third kappa shape index (κ3) is 3.17. The summed E-state index contributed by atoms with van der Waals surface area (Å²) in [6.07, 6.45) is 2.83. The van der Waals surface area contributed by atoms with Crippen LogP contribution in [0.1, 0.15) is 18.7 Å². The summed E-state index contributed by atoms with van der Waals surface area (Å²) in [7, 11) is 0. The molecule has 1 aromatic heterocycles. The molecule has 0 aliphatic carbocycles. The number of rotatable bonds is 3. The van der Waals surface area contributed by atoms with Gasteiger partial charge in [0.05, 0.1) is 13.2 Å². The Bertz CT molecular complexity index is 339. The van der Waals surface area contributed by atoms with Crippen molar-refractivity contribution in [3.8, 4) is 0 Å². The number of hydrogen-bond donors (Lipinski definition) is 1. The van der Waals surface area contributed by atoms with Crippen molar-refractivity contribution in [2.24, 2.45) is 5.73 Å². The van der Waals surface area contributed by atoms with Gasteiger partial charge in [-0.3, -0.25) is 0 Å². The van der Waals surface area contributed by atoms with E-state index in [1.54, 1.807) is 11.3 Å². The zero-order valence-corrected chi connectivity index (χ0v) is 10.7. The summed E-state index contributed by atoms with van der Waals surface area (Å²) in [5.74, 6) is 0. The molecule has 2 rings (SSSR count). The highest BCUT2D eigenvalue weighted by atomic mass is 32.1. The lowest BCUT2D eigenvalue weighted by atomic mass is 10.0. The van der Waals surface area contributed by atoms with Gasteiger partial charge in [0, 0.05) is 36.1 Å². The van der Waals surface area contributed by atoms with Crippen LogP contribution in [0.2, 0.25) is 0 Å². The van der Waals surface area contributed by atoms with Gasteiger partial charge in [-0.2, -0.15) is 0 Å². The van der Waals surface area contributed by atoms with E-state index in [0.29, 0.717) is 0 Å². The summed E-state index contributed by atoms with van der Waals surface area (Å²) in [6, 6.07) is 0. The first kappa shape index (κ1) is 11.8. The van der Waals surface area contributed by atoms with Crippen LogP contribution >= 0.6 is 11.3 Å². The van der Waals surface area contributed by atoms with Gasteiger partial charge in [0.15, 0.2) is 5.13 Å². The second-order valence-electron chi connectivity index (χ2n) is 4.87. The largest absolute Gasteiger partial charge is 0.378 e. The number of hydrogen-bond acceptors (Lipinski definition) is 5. The first-order valence-corrected chi connectivity index (χ1v) is 6.42. The van der Waals surface area contributed by atoms with Crippen LogP contribution < -0.4 is 10.6 Å². The zero-order chi connectivity index (χ0) is 11.6. The molecule has 0 unspecified atom stereocenters. The third-order valence-corrected chi connectivity index (χ3v) is 3.51. The highest BCUT2D eigenvalue weighted by Gasteiger charge is 2.17. The Morgan fingerprint density at radius 2 is 2.19 bits per heavy atom. The van der Waals surface area contributed by atoms with Crippen molar-refractivity contribution in [3.05, 3.63) is 11.1 Å². The fraction of sp³-hybridized carbons (Fsp3) is 0.727. The summed E-state index contributed by atoms with van der Waals surface area (Å²) in [4.78, 5) is 7.99. The van der Waals surface area contributed by atoms with Crippen molar-refractivity contribution in [2.75, 3.05) is 31.2 Å². The molecule has 1 aliphatic rings. The Morgan fingerprint density at radius 1 is 1.50 bits per heavy atom. The molecule has 0 amide bonds. The SMILES string of the molecule is CC(C)(N)Cc1cnc(N2CCOCC2)s1. The number of nitrogens with two attached hydrogens (primary N) is 1. The van der Waals surface area contributed by atoms with Gasteiger partial charge in [0.25, 0.3) is 0 Å². The van der Waals surface area contributed by atoms with Crippen LogP contribution in [0.25, 0.3) is 0 Å². The average molecular weight is 241 g/mol. The Balaban J connectivity index is 2.01. The van der Waals surface area contributed by atoms with Crippen LogP contribution in [-0.4, -0.2) is 36.8 Å². The van der Waals surface area contributed by atoms with E-state index in [1.165, 1.54) is 4.88 Å². The predicted octanol–water partition coefficient (Wildman–Crippen LogP) is 1.26. The van der Waals surface area contributed by atoms with E-state index in [1.807, 2.05) is 20.0 Å². The second-order valence-corrected chi connectivity index (χ2v) is 5.97. The maximum Gasteiger partial charge on any atom is 0.185 e. The number of anilines is 1. The molecule has 0 aromatic carbocycles. The molecule has 0 saturated carbocycles. The summed E-state index contributed by atoms with van der Waals surface area (Å²) >= 11 is 1.75. The van der Waals surface area contributed by atoms with Gasteiger partial charge in [-0.25, -0.2) is 4.98 Å². The molecular formula is C11H19N3OS. The Kier molecular flexibility index (Phi) is 3.47. The monoisotopic (exact) mass is 241 g/mol. The molecule has 0 bridgehead atoms. The van der Waals surface area contributed by atoms with Crippen LogP contribution in [0.5, 0.6) is 0 Å². The van der Waals surface area contributed by atoms with Crippen molar-refractivity contribution in [3.63, 3.8) is 0 Å². The predicted molar refractivity (Wildman–Crippen MR) is 67.1 cm³/mol. The molecule has 4 nitrogen and oxygen atoms in total. The first-order valence-electron chi connectivity index (χ1n) is 5.61. The molecule has 5 heteroatoms. The van der Waals surface area contributed by atoms with E-state index in [0.717, 1.165) is 37.9 Å². The highest BCUT2D eigenvalue weighted by Crippen LogP contribution is 2.25. The maximum atomic E-state index is 6.00. The first-order chi connectivity index (χ1) is 7.54. The van der Waals surface area contributed by atoms with E-state index in [9.17, 15) is 0 Å². The summed E-state index contributed by atoms with van der Waals surface area (Å²) < 4.78 is 5.32. The van der Waals surface area contributed by atoms with E-state index < -0.39 is 0 Å². The number of thiazole rings is 1. The minimum atomic E-state index is -0.158. The fourth-order valence-electron chi connectivity index (χ4n) is 1.73. The third-order valence-electron chi connectivity index (χ3n) is 2.45. The van der Waals surface area contributed by atoms with Crippen molar-refractivity contribution >= 4 is 16.5 Å². The summed E-state index contributed by atoms with van der Waals surface area (Å²) in [6.45, 7) is 7.58. The number of aromatic nitrogens is 1. The van der Waals surface area contributed by atoms with Crippen molar-refractivity contribution in [2.45, 2.75) is 25.8 Å². The van der Waals surface area contributed by atoms with Crippen LogP contribution in [0.3, 0.4) is 0 Å². The topological polar surface area (TPSA) is 51.4 Å². The smallest absolute Gasteiger partial charge is 0.185 e. The van der Waals surface area contributed by atoms with Gasteiger partial charge in [-0.05, 0) is 13.8 Å². The van der Waals surface area contributed by atoms with E-state index >= 15 is 0 Å². The Labute approximate surface area is 100 Å². The lowest BCUT2D eigenvalue weighted by Gasteiger charge is -2.26. The van der Waals surface area contributed by atoms with Crippen LogP contribution in [0, 0.1) is 0 Å². The molecule has 2 heterocycles. The quantitative estimate of drug-likeness (QED) is 0.865. The molecule has 1 fully saturated rings. The lowest BCUT2D eigenvalue weighted by molar-refractivity contribution is 0.122. The molecule has 0 spiro atoms. The molecule has 90 valence electrons. The zero-order valence-electron chi connectivity index (χ0n) is 9.90. The summed E-state index contributed by atoms with van der Waals surface area (Å²) in [5.41, 5.74) is 5.84. The van der Waals surface area contributed by atoms with Gasteiger partial charge in [0.2, 0.25) is 0 Å². The molecule has 1 saturated heterocycles. The van der Waals surface area contributed by atoms with Crippen LogP contribution in [0.15, 0.2) is 6.20 Å². The van der Waals surface area contributed by atoms with Gasteiger partial charge >= 0.3 is 0 Å². The van der Waals surface area contributed by atoms with Crippen molar-refractivity contribution in [1.82, 2.24) is 4.98 Å². The fourth-order valence-corrected chi connectivity index (χ4v) is 2.93. The molecule has 2 N–H and O–H groups in total. The molecule has 1 aromatic rings. The minimum absolute atomic E-state index is 0.158. The maximum absolute atomic E-state index is 6.00.